The number of nitrogens with zero attached hydrogens (tertiary/aromatic N) is 2. The van der Waals surface area contributed by atoms with Crippen LogP contribution in [0.5, 0.6) is 0 Å². The van der Waals surface area contributed by atoms with Gasteiger partial charge in [-0.2, -0.15) is 0 Å². The van der Waals surface area contributed by atoms with Crippen LogP contribution in [0.2, 0.25) is 0 Å². The standard InChI is InChI=1S/C9H16N2O2/c1-9(2,3)8-10-4-5-11(8)6-7(12)13/h4-6H2,1-3H3,(H,12,13). The van der Waals surface area contributed by atoms with Crippen LogP contribution in [0.25, 0.3) is 0 Å². The molecule has 1 N–H and O–H groups in total. The zero-order chi connectivity index (χ0) is 10.1. The fourth-order valence-electron chi connectivity index (χ4n) is 1.51. The van der Waals surface area contributed by atoms with Crippen LogP contribution >= 0.6 is 0 Å². The molecule has 0 aliphatic carbocycles. The van der Waals surface area contributed by atoms with Crippen molar-refractivity contribution in [2.45, 2.75) is 20.8 Å². The maximum atomic E-state index is 10.5. The molecule has 0 fully saturated rings. The summed E-state index contributed by atoms with van der Waals surface area (Å²) in [7, 11) is 0. The number of carbonyl (C=O) groups is 1. The van der Waals surface area contributed by atoms with Gasteiger partial charge in [-0.3, -0.25) is 9.79 Å². The van der Waals surface area contributed by atoms with E-state index in [2.05, 4.69) is 4.99 Å². The highest BCUT2D eigenvalue weighted by Gasteiger charge is 2.28. The number of hydrogen-bond donors (Lipinski definition) is 1. The normalized spacial score (nSPS) is 17.5. The van der Waals surface area contributed by atoms with Crippen molar-refractivity contribution in [2.24, 2.45) is 10.4 Å². The van der Waals surface area contributed by atoms with Crippen molar-refractivity contribution in [2.75, 3.05) is 19.6 Å². The molecule has 0 aromatic rings. The van der Waals surface area contributed by atoms with E-state index in [4.69, 9.17) is 5.11 Å². The molecule has 0 radical (unpaired) electrons. The first-order valence-corrected chi connectivity index (χ1v) is 4.43. The van der Waals surface area contributed by atoms with Crippen molar-refractivity contribution in [3.63, 3.8) is 0 Å². The summed E-state index contributed by atoms with van der Waals surface area (Å²) in [6, 6.07) is 0. The van der Waals surface area contributed by atoms with Gasteiger partial charge >= 0.3 is 5.97 Å². The molecule has 0 aromatic heterocycles. The SMILES string of the molecule is CC(C)(C)C1=NCCN1CC(=O)O. The van der Waals surface area contributed by atoms with Gasteiger partial charge in [0.15, 0.2) is 0 Å². The van der Waals surface area contributed by atoms with E-state index in [9.17, 15) is 4.79 Å². The molecule has 74 valence electrons. The number of aliphatic imine (C=N–C) groups is 1. The van der Waals surface area contributed by atoms with E-state index in [1.807, 2.05) is 25.7 Å². The lowest BCUT2D eigenvalue weighted by molar-refractivity contribution is -0.137. The number of rotatable bonds is 2. The monoisotopic (exact) mass is 184 g/mol. The quantitative estimate of drug-likeness (QED) is 0.691. The largest absolute Gasteiger partial charge is 0.480 e. The zero-order valence-electron chi connectivity index (χ0n) is 8.37. The van der Waals surface area contributed by atoms with Gasteiger partial charge in [0.25, 0.3) is 0 Å². The van der Waals surface area contributed by atoms with Crippen LogP contribution in [-0.4, -0.2) is 41.4 Å². The predicted octanol–water partition coefficient (Wildman–Crippen LogP) is 0.831. The molecule has 1 rings (SSSR count). The highest BCUT2D eigenvalue weighted by molar-refractivity contribution is 5.90. The van der Waals surface area contributed by atoms with Crippen LogP contribution in [0.4, 0.5) is 0 Å². The molecule has 0 bridgehead atoms. The van der Waals surface area contributed by atoms with E-state index >= 15 is 0 Å². The highest BCUT2D eigenvalue weighted by Crippen LogP contribution is 2.21. The Bertz CT molecular complexity index is 240. The maximum absolute atomic E-state index is 10.5. The third-order valence-electron chi connectivity index (χ3n) is 1.93. The molecule has 0 spiro atoms. The molecule has 4 heteroatoms. The molecule has 13 heavy (non-hydrogen) atoms. The van der Waals surface area contributed by atoms with Crippen molar-refractivity contribution in [3.8, 4) is 0 Å². The second-order valence-electron chi connectivity index (χ2n) is 4.27. The summed E-state index contributed by atoms with van der Waals surface area (Å²) < 4.78 is 0. The van der Waals surface area contributed by atoms with Gasteiger partial charge in [0, 0.05) is 12.0 Å². The molecule has 0 aromatic carbocycles. The average Bonchev–Trinajstić information content (AvgIpc) is 2.31. The Morgan fingerprint density at radius 3 is 2.69 bits per heavy atom. The number of carboxylic acid groups (broad SMARTS) is 1. The first-order valence-electron chi connectivity index (χ1n) is 4.43. The van der Waals surface area contributed by atoms with Gasteiger partial charge in [-0.25, -0.2) is 0 Å². The summed E-state index contributed by atoms with van der Waals surface area (Å²) in [4.78, 5) is 16.7. The first kappa shape index (κ1) is 10.0. The van der Waals surface area contributed by atoms with Crippen LogP contribution in [0.15, 0.2) is 4.99 Å². The lowest BCUT2D eigenvalue weighted by atomic mass is 9.94. The Morgan fingerprint density at radius 2 is 2.23 bits per heavy atom. The molecule has 0 unspecified atom stereocenters. The highest BCUT2D eigenvalue weighted by atomic mass is 16.4. The molecule has 1 aliphatic rings. The minimum Gasteiger partial charge on any atom is -0.480 e. The van der Waals surface area contributed by atoms with Crippen molar-refractivity contribution < 1.29 is 9.90 Å². The van der Waals surface area contributed by atoms with Gasteiger partial charge in [0.2, 0.25) is 0 Å². The van der Waals surface area contributed by atoms with Gasteiger partial charge in [-0.1, -0.05) is 20.8 Å². The number of carboxylic acids is 1. The smallest absolute Gasteiger partial charge is 0.323 e. The molecule has 1 heterocycles. The van der Waals surface area contributed by atoms with Gasteiger partial charge in [-0.05, 0) is 0 Å². The topological polar surface area (TPSA) is 52.9 Å². The second-order valence-corrected chi connectivity index (χ2v) is 4.27. The summed E-state index contributed by atoms with van der Waals surface area (Å²) >= 11 is 0. The second kappa shape index (κ2) is 3.36. The van der Waals surface area contributed by atoms with Crippen LogP contribution < -0.4 is 0 Å². The Hall–Kier alpha value is -1.06. The molecule has 4 nitrogen and oxygen atoms in total. The van der Waals surface area contributed by atoms with Gasteiger partial charge in [-0.15, -0.1) is 0 Å². The van der Waals surface area contributed by atoms with Crippen LogP contribution in [-0.2, 0) is 4.79 Å². The average molecular weight is 184 g/mol. The van der Waals surface area contributed by atoms with E-state index in [1.165, 1.54) is 0 Å². The maximum Gasteiger partial charge on any atom is 0.323 e. The van der Waals surface area contributed by atoms with Crippen LogP contribution in [0.3, 0.4) is 0 Å². The van der Waals surface area contributed by atoms with E-state index in [0.29, 0.717) is 0 Å². The number of amidine groups is 1. The molecule has 0 saturated heterocycles. The fourth-order valence-corrected chi connectivity index (χ4v) is 1.51. The summed E-state index contributed by atoms with van der Waals surface area (Å²) in [6.07, 6.45) is 0. The van der Waals surface area contributed by atoms with E-state index < -0.39 is 5.97 Å². The Morgan fingerprint density at radius 1 is 1.62 bits per heavy atom. The fraction of sp³-hybridized carbons (Fsp3) is 0.778. The third-order valence-corrected chi connectivity index (χ3v) is 1.93. The zero-order valence-corrected chi connectivity index (χ0v) is 8.37. The van der Waals surface area contributed by atoms with Crippen molar-refractivity contribution in [1.29, 1.82) is 0 Å². The molecular formula is C9H16N2O2. The van der Waals surface area contributed by atoms with Crippen molar-refractivity contribution in [1.82, 2.24) is 4.90 Å². The predicted molar refractivity (Wildman–Crippen MR) is 51.0 cm³/mol. The molecule has 0 atom stereocenters. The number of aliphatic carboxylic acids is 1. The minimum absolute atomic E-state index is 0.0497. The first-order chi connectivity index (χ1) is 5.91. The number of hydrogen-bond acceptors (Lipinski definition) is 3. The molecular weight excluding hydrogens is 168 g/mol. The van der Waals surface area contributed by atoms with E-state index in [1.54, 1.807) is 0 Å². The van der Waals surface area contributed by atoms with Gasteiger partial charge in [0.05, 0.1) is 6.54 Å². The Balaban J connectivity index is 2.69. The van der Waals surface area contributed by atoms with Crippen LogP contribution in [0.1, 0.15) is 20.8 Å². The van der Waals surface area contributed by atoms with E-state index in [-0.39, 0.29) is 12.0 Å². The lowest BCUT2D eigenvalue weighted by Gasteiger charge is -2.27. The Kier molecular flexibility index (Phi) is 2.59. The van der Waals surface area contributed by atoms with Crippen molar-refractivity contribution >= 4 is 11.8 Å². The van der Waals surface area contributed by atoms with E-state index in [0.717, 1.165) is 18.9 Å². The van der Waals surface area contributed by atoms with Crippen LogP contribution in [0, 0.1) is 5.41 Å². The lowest BCUT2D eigenvalue weighted by Crippen LogP contribution is -2.39. The minimum atomic E-state index is -0.793. The molecule has 0 amide bonds. The summed E-state index contributed by atoms with van der Waals surface area (Å²) in [5.41, 5.74) is -0.0497. The Labute approximate surface area is 78.3 Å². The summed E-state index contributed by atoms with van der Waals surface area (Å²) in [5, 5.41) is 8.66. The summed E-state index contributed by atoms with van der Waals surface area (Å²) in [6.45, 7) is 7.67. The third kappa shape index (κ3) is 2.44. The molecule has 1 aliphatic heterocycles. The van der Waals surface area contributed by atoms with Crippen molar-refractivity contribution in [3.05, 3.63) is 0 Å². The van der Waals surface area contributed by atoms with Gasteiger partial charge in [0.1, 0.15) is 12.4 Å². The van der Waals surface area contributed by atoms with Gasteiger partial charge < -0.3 is 10.0 Å². The molecule has 0 saturated carbocycles. The summed E-state index contributed by atoms with van der Waals surface area (Å²) in [5.74, 6) is 0.119.